The average molecular weight is 463 g/mol. The first-order valence-corrected chi connectivity index (χ1v) is 11.3. The van der Waals surface area contributed by atoms with E-state index in [1.54, 1.807) is 35.4 Å². The zero-order valence-electron chi connectivity index (χ0n) is 18.1. The number of nitrogens with zero attached hydrogens (tertiary/aromatic N) is 2. The van der Waals surface area contributed by atoms with E-state index in [1.807, 2.05) is 55.5 Å². The molecule has 0 N–H and O–H groups in total. The van der Waals surface area contributed by atoms with E-state index in [0.717, 1.165) is 17.7 Å². The molecule has 5 rings (SSSR count). The summed E-state index contributed by atoms with van der Waals surface area (Å²) in [7, 11) is 0. The number of anilines is 2. The van der Waals surface area contributed by atoms with Gasteiger partial charge in [0.2, 0.25) is 5.91 Å². The van der Waals surface area contributed by atoms with Crippen LogP contribution in [0.3, 0.4) is 0 Å². The molecule has 2 amide bonds. The molecule has 0 unspecified atom stereocenters. The van der Waals surface area contributed by atoms with Gasteiger partial charge in [-0.2, -0.15) is 0 Å². The highest BCUT2D eigenvalue weighted by Crippen LogP contribution is 2.48. The van der Waals surface area contributed by atoms with Crippen molar-refractivity contribution in [3.8, 4) is 5.75 Å². The highest BCUT2D eigenvalue weighted by Gasteiger charge is 2.60. The van der Waals surface area contributed by atoms with Crippen molar-refractivity contribution < 1.29 is 19.2 Å². The summed E-state index contributed by atoms with van der Waals surface area (Å²) < 4.78 is 5.62. The Morgan fingerprint density at radius 3 is 2.27 bits per heavy atom. The third-order valence-electron chi connectivity index (χ3n) is 5.92. The number of para-hydroxylation sites is 1. The molecule has 0 saturated carbocycles. The third kappa shape index (κ3) is 3.75. The molecular formula is C26H23ClN2O4. The van der Waals surface area contributed by atoms with Gasteiger partial charge in [-0.25, -0.2) is 9.96 Å². The zero-order valence-corrected chi connectivity index (χ0v) is 18.8. The molecule has 2 heterocycles. The lowest BCUT2D eigenvalue weighted by Crippen LogP contribution is -2.37. The molecule has 168 valence electrons. The summed E-state index contributed by atoms with van der Waals surface area (Å²) in [5, 5.41) is 2.16. The number of ether oxygens (including phenoxy) is 1. The Morgan fingerprint density at radius 2 is 1.58 bits per heavy atom. The monoisotopic (exact) mass is 462 g/mol. The highest BCUT2D eigenvalue weighted by atomic mass is 35.5. The Balaban J connectivity index is 1.51. The predicted octanol–water partition coefficient (Wildman–Crippen LogP) is 5.18. The molecule has 3 atom stereocenters. The fourth-order valence-corrected chi connectivity index (χ4v) is 4.66. The third-order valence-corrected chi connectivity index (χ3v) is 6.26. The van der Waals surface area contributed by atoms with Gasteiger partial charge in [-0.15, -0.1) is 0 Å². The lowest BCUT2D eigenvalue weighted by molar-refractivity contribution is -0.126. The molecule has 3 aromatic rings. The van der Waals surface area contributed by atoms with Gasteiger partial charge >= 0.3 is 0 Å². The van der Waals surface area contributed by atoms with Crippen molar-refractivity contribution >= 4 is 34.8 Å². The molecule has 0 radical (unpaired) electrons. The number of halogens is 1. The van der Waals surface area contributed by atoms with Crippen molar-refractivity contribution in [2.24, 2.45) is 5.92 Å². The van der Waals surface area contributed by atoms with Crippen LogP contribution in [0, 0.1) is 5.92 Å². The quantitative estimate of drug-likeness (QED) is 0.472. The van der Waals surface area contributed by atoms with Gasteiger partial charge in [0, 0.05) is 5.02 Å². The van der Waals surface area contributed by atoms with Gasteiger partial charge in [0.15, 0.2) is 6.10 Å². The second-order valence-corrected chi connectivity index (χ2v) is 8.44. The summed E-state index contributed by atoms with van der Waals surface area (Å²) in [5.74, 6) is -0.729. The first-order valence-electron chi connectivity index (χ1n) is 11.0. The van der Waals surface area contributed by atoms with Gasteiger partial charge in [0.05, 0.1) is 24.0 Å². The van der Waals surface area contributed by atoms with Gasteiger partial charge in [-0.05, 0) is 54.4 Å². The fraction of sp³-hybridized carbons (Fsp3) is 0.231. The number of hydroxylamine groups is 1. The van der Waals surface area contributed by atoms with E-state index in [4.69, 9.17) is 21.2 Å². The summed E-state index contributed by atoms with van der Waals surface area (Å²) in [6.07, 6.45) is -0.0395. The Morgan fingerprint density at radius 1 is 0.879 bits per heavy atom. The SMILES string of the molecule is CCCOc1ccc(N2C(=O)[C@@H]3[C@@H](c4ccccc4Cl)N(c4ccccc4)O[C@H]3C2=O)cc1. The van der Waals surface area contributed by atoms with Gasteiger partial charge < -0.3 is 4.74 Å². The Hall–Kier alpha value is -3.35. The number of rotatable bonds is 6. The van der Waals surface area contributed by atoms with Crippen LogP contribution in [-0.4, -0.2) is 24.5 Å². The number of hydrogen-bond donors (Lipinski definition) is 0. The van der Waals surface area contributed by atoms with Crippen LogP contribution in [0.5, 0.6) is 5.75 Å². The standard InChI is InChI=1S/C26H23ClN2O4/c1-2-16-32-19-14-12-17(13-15-19)28-25(30)22-23(20-10-6-7-11-21(20)27)29(33-24(22)26(28)31)18-8-4-3-5-9-18/h3-15,22-24H,2,16H2,1H3/t22-,23-,24-/m1/s1. The van der Waals surface area contributed by atoms with Crippen LogP contribution in [0.2, 0.25) is 5.02 Å². The van der Waals surface area contributed by atoms with Crippen molar-refractivity contribution in [3.05, 3.63) is 89.4 Å². The molecule has 0 spiro atoms. The number of fused-ring (bicyclic) bond motifs is 1. The number of carbonyl (C=O) groups excluding carboxylic acids is 2. The Labute approximate surface area is 197 Å². The second kappa shape index (κ2) is 8.89. The van der Waals surface area contributed by atoms with Crippen LogP contribution in [0.4, 0.5) is 11.4 Å². The van der Waals surface area contributed by atoms with Gasteiger partial charge in [0.1, 0.15) is 11.7 Å². The van der Waals surface area contributed by atoms with Crippen LogP contribution >= 0.6 is 11.6 Å². The molecule has 33 heavy (non-hydrogen) atoms. The van der Waals surface area contributed by atoms with Crippen molar-refractivity contribution in [2.45, 2.75) is 25.5 Å². The van der Waals surface area contributed by atoms with E-state index < -0.39 is 18.1 Å². The summed E-state index contributed by atoms with van der Waals surface area (Å²) in [4.78, 5) is 34.4. The number of carbonyl (C=O) groups is 2. The molecule has 0 aliphatic carbocycles. The molecule has 2 saturated heterocycles. The molecule has 0 aromatic heterocycles. The lowest BCUT2D eigenvalue weighted by Gasteiger charge is -2.29. The van der Waals surface area contributed by atoms with Crippen LogP contribution in [0.1, 0.15) is 24.9 Å². The Kier molecular flexibility index (Phi) is 5.79. The maximum atomic E-state index is 13.7. The van der Waals surface area contributed by atoms with Crippen molar-refractivity contribution in [2.75, 3.05) is 16.6 Å². The van der Waals surface area contributed by atoms with E-state index >= 15 is 0 Å². The van der Waals surface area contributed by atoms with Gasteiger partial charge in [-0.3, -0.25) is 14.4 Å². The van der Waals surface area contributed by atoms with E-state index in [1.165, 1.54) is 4.90 Å². The minimum atomic E-state index is -0.935. The van der Waals surface area contributed by atoms with Crippen molar-refractivity contribution in [1.29, 1.82) is 0 Å². The Bertz CT molecular complexity index is 1170. The second-order valence-electron chi connectivity index (χ2n) is 8.03. The molecule has 2 aliphatic rings. The molecular weight excluding hydrogens is 440 g/mol. The van der Waals surface area contributed by atoms with E-state index in [-0.39, 0.29) is 11.8 Å². The number of imide groups is 1. The number of amides is 2. The van der Waals surface area contributed by atoms with Crippen LogP contribution in [0.25, 0.3) is 0 Å². The predicted molar refractivity (Wildman–Crippen MR) is 126 cm³/mol. The highest BCUT2D eigenvalue weighted by molar-refractivity contribution is 6.31. The molecule has 2 aliphatic heterocycles. The van der Waals surface area contributed by atoms with Crippen molar-refractivity contribution in [1.82, 2.24) is 0 Å². The van der Waals surface area contributed by atoms with Crippen LogP contribution < -0.4 is 14.7 Å². The number of benzene rings is 3. The maximum Gasteiger partial charge on any atom is 0.266 e. The minimum absolute atomic E-state index is 0.310. The molecule has 7 heteroatoms. The lowest BCUT2D eigenvalue weighted by atomic mass is 9.90. The fourth-order valence-electron chi connectivity index (χ4n) is 4.41. The normalized spacial score (nSPS) is 22.1. The largest absolute Gasteiger partial charge is 0.494 e. The summed E-state index contributed by atoms with van der Waals surface area (Å²) in [5.41, 5.74) is 1.99. The topological polar surface area (TPSA) is 59.1 Å². The van der Waals surface area contributed by atoms with Gasteiger partial charge in [-0.1, -0.05) is 54.9 Å². The number of hydrogen-bond acceptors (Lipinski definition) is 5. The maximum absolute atomic E-state index is 13.7. The van der Waals surface area contributed by atoms with Crippen molar-refractivity contribution in [3.63, 3.8) is 0 Å². The molecule has 3 aromatic carbocycles. The smallest absolute Gasteiger partial charge is 0.266 e. The van der Waals surface area contributed by atoms with Crippen LogP contribution in [0.15, 0.2) is 78.9 Å². The van der Waals surface area contributed by atoms with Crippen LogP contribution in [-0.2, 0) is 14.4 Å². The molecule has 0 bridgehead atoms. The summed E-state index contributed by atoms with van der Waals surface area (Å²) in [6, 6.07) is 23.2. The zero-order chi connectivity index (χ0) is 22.9. The van der Waals surface area contributed by atoms with E-state index in [0.29, 0.717) is 23.1 Å². The van der Waals surface area contributed by atoms with Gasteiger partial charge in [0.25, 0.3) is 5.91 Å². The van der Waals surface area contributed by atoms with E-state index in [2.05, 4.69) is 0 Å². The first kappa shape index (κ1) is 21.5. The summed E-state index contributed by atoms with van der Waals surface area (Å²) >= 11 is 6.54. The average Bonchev–Trinajstić information content (AvgIpc) is 3.35. The first-order chi connectivity index (χ1) is 16.1. The molecule has 6 nitrogen and oxygen atoms in total. The minimum Gasteiger partial charge on any atom is -0.494 e. The van der Waals surface area contributed by atoms with E-state index in [9.17, 15) is 9.59 Å². The summed E-state index contributed by atoms with van der Waals surface area (Å²) in [6.45, 7) is 2.64. The molecule has 2 fully saturated rings.